The van der Waals surface area contributed by atoms with Gasteiger partial charge in [0, 0.05) is 37.3 Å². The van der Waals surface area contributed by atoms with E-state index in [1.54, 1.807) is 11.3 Å². The van der Waals surface area contributed by atoms with Crippen molar-refractivity contribution >= 4 is 23.2 Å². The Labute approximate surface area is 159 Å². The lowest BCUT2D eigenvalue weighted by atomic mass is 10.0. The standard InChI is InChI=1S/C20H27N3O2S/c1-15(24)21-16(19-10-7-13-26-19)14-20(25)23-12-5-3-4-8-18(23)17-9-6-11-22(17)2/h6-7,9-11,13,16,18H,3-5,8,12,14H2,1-2H3,(H,21,24)/t16-,18-/m0/s1. The normalized spacial score (nSPS) is 19.0. The van der Waals surface area contributed by atoms with Crippen LogP contribution in [-0.2, 0) is 16.6 Å². The fourth-order valence-electron chi connectivity index (χ4n) is 3.78. The molecule has 5 nitrogen and oxygen atoms in total. The number of rotatable bonds is 5. The number of hydrogen-bond acceptors (Lipinski definition) is 3. The monoisotopic (exact) mass is 373 g/mol. The molecule has 0 saturated carbocycles. The van der Waals surface area contributed by atoms with Gasteiger partial charge in [-0.25, -0.2) is 0 Å². The first-order chi connectivity index (χ1) is 12.6. The molecule has 26 heavy (non-hydrogen) atoms. The Morgan fingerprint density at radius 2 is 2.12 bits per heavy atom. The average molecular weight is 374 g/mol. The summed E-state index contributed by atoms with van der Waals surface area (Å²) in [4.78, 5) is 27.9. The van der Waals surface area contributed by atoms with Gasteiger partial charge in [-0.05, 0) is 36.4 Å². The van der Waals surface area contributed by atoms with Crippen LogP contribution in [0.1, 0.15) is 61.7 Å². The lowest BCUT2D eigenvalue weighted by molar-refractivity contribution is -0.134. The van der Waals surface area contributed by atoms with Crippen molar-refractivity contribution in [2.45, 2.75) is 51.1 Å². The molecule has 1 aliphatic heterocycles. The van der Waals surface area contributed by atoms with E-state index in [2.05, 4.69) is 16.0 Å². The smallest absolute Gasteiger partial charge is 0.225 e. The van der Waals surface area contributed by atoms with Crippen molar-refractivity contribution in [1.29, 1.82) is 0 Å². The summed E-state index contributed by atoms with van der Waals surface area (Å²) in [5.74, 6) is 0.0105. The maximum atomic E-state index is 13.2. The van der Waals surface area contributed by atoms with E-state index in [1.165, 1.54) is 12.6 Å². The molecule has 2 aromatic rings. The molecule has 6 heteroatoms. The van der Waals surface area contributed by atoms with Gasteiger partial charge < -0.3 is 14.8 Å². The van der Waals surface area contributed by atoms with E-state index in [1.807, 2.05) is 41.7 Å². The number of carbonyl (C=O) groups excluding carboxylic acids is 2. The van der Waals surface area contributed by atoms with Crippen LogP contribution in [0.4, 0.5) is 0 Å². The number of likely N-dealkylation sites (tertiary alicyclic amines) is 1. The lowest BCUT2D eigenvalue weighted by Gasteiger charge is -2.32. The molecule has 140 valence electrons. The molecule has 1 aliphatic rings. The summed E-state index contributed by atoms with van der Waals surface area (Å²) in [5, 5.41) is 4.93. The third-order valence-electron chi connectivity index (χ3n) is 5.04. The van der Waals surface area contributed by atoms with E-state index in [9.17, 15) is 9.59 Å². The first-order valence-electron chi connectivity index (χ1n) is 9.27. The zero-order chi connectivity index (χ0) is 18.5. The van der Waals surface area contributed by atoms with Crippen LogP contribution in [0.5, 0.6) is 0 Å². The molecule has 1 fully saturated rings. The van der Waals surface area contributed by atoms with Crippen molar-refractivity contribution in [3.05, 3.63) is 46.4 Å². The van der Waals surface area contributed by atoms with Gasteiger partial charge in [-0.3, -0.25) is 9.59 Å². The maximum Gasteiger partial charge on any atom is 0.225 e. The number of amides is 2. The summed E-state index contributed by atoms with van der Waals surface area (Å²) >= 11 is 1.58. The lowest BCUT2D eigenvalue weighted by Crippen LogP contribution is -2.38. The van der Waals surface area contributed by atoms with E-state index in [0.717, 1.165) is 37.1 Å². The molecule has 2 atom stereocenters. The van der Waals surface area contributed by atoms with Crippen molar-refractivity contribution in [3.8, 4) is 0 Å². The van der Waals surface area contributed by atoms with Gasteiger partial charge in [-0.1, -0.05) is 18.9 Å². The molecule has 0 spiro atoms. The minimum absolute atomic E-state index is 0.106. The summed E-state index contributed by atoms with van der Waals surface area (Å²) in [6, 6.07) is 7.95. The predicted molar refractivity (Wildman–Crippen MR) is 104 cm³/mol. The molecule has 2 amide bonds. The summed E-state index contributed by atoms with van der Waals surface area (Å²) in [7, 11) is 2.04. The summed E-state index contributed by atoms with van der Waals surface area (Å²) in [6.45, 7) is 2.29. The second-order valence-electron chi connectivity index (χ2n) is 6.97. The molecule has 2 aromatic heterocycles. The summed E-state index contributed by atoms with van der Waals surface area (Å²) in [5.41, 5.74) is 1.19. The van der Waals surface area contributed by atoms with Crippen LogP contribution < -0.4 is 5.32 Å². The predicted octanol–water partition coefficient (Wildman–Crippen LogP) is 3.80. The van der Waals surface area contributed by atoms with E-state index >= 15 is 0 Å². The SMILES string of the molecule is CC(=O)N[C@@H](CC(=O)N1CCCCC[C@H]1c1cccn1C)c1cccs1. The minimum Gasteiger partial charge on any atom is -0.353 e. The maximum absolute atomic E-state index is 13.2. The molecular formula is C20H27N3O2S. The van der Waals surface area contributed by atoms with Gasteiger partial charge >= 0.3 is 0 Å². The van der Waals surface area contributed by atoms with Gasteiger partial charge in [0.15, 0.2) is 0 Å². The van der Waals surface area contributed by atoms with Crippen LogP contribution >= 0.6 is 11.3 Å². The third kappa shape index (κ3) is 4.36. The van der Waals surface area contributed by atoms with Gasteiger partial charge in [0.2, 0.25) is 11.8 Å². The van der Waals surface area contributed by atoms with E-state index in [-0.39, 0.29) is 23.9 Å². The third-order valence-corrected chi connectivity index (χ3v) is 6.03. The topological polar surface area (TPSA) is 54.3 Å². The van der Waals surface area contributed by atoms with Crippen molar-refractivity contribution < 1.29 is 9.59 Å². The average Bonchev–Trinajstić information content (AvgIpc) is 3.21. The largest absolute Gasteiger partial charge is 0.353 e. The Hall–Kier alpha value is -2.08. The highest BCUT2D eigenvalue weighted by Gasteiger charge is 2.30. The van der Waals surface area contributed by atoms with E-state index in [0.29, 0.717) is 6.42 Å². The molecule has 1 N–H and O–H groups in total. The summed E-state index contributed by atoms with van der Waals surface area (Å²) < 4.78 is 2.11. The molecule has 1 saturated heterocycles. The molecule has 0 aromatic carbocycles. The van der Waals surface area contributed by atoms with Crippen molar-refractivity contribution in [2.75, 3.05) is 6.54 Å². The molecule has 3 heterocycles. The second-order valence-corrected chi connectivity index (χ2v) is 7.95. The van der Waals surface area contributed by atoms with Gasteiger partial charge in [0.05, 0.1) is 18.5 Å². The number of nitrogens with zero attached hydrogens (tertiary/aromatic N) is 2. The zero-order valence-electron chi connectivity index (χ0n) is 15.5. The highest BCUT2D eigenvalue weighted by molar-refractivity contribution is 7.10. The minimum atomic E-state index is -0.252. The molecule has 3 rings (SSSR count). The highest BCUT2D eigenvalue weighted by atomic mass is 32.1. The van der Waals surface area contributed by atoms with Gasteiger partial charge in [-0.15, -0.1) is 11.3 Å². The fourth-order valence-corrected chi connectivity index (χ4v) is 4.56. The van der Waals surface area contributed by atoms with E-state index < -0.39 is 0 Å². The van der Waals surface area contributed by atoms with Gasteiger partial charge in [0.1, 0.15) is 0 Å². The molecule has 0 aliphatic carbocycles. The highest BCUT2D eigenvalue weighted by Crippen LogP contribution is 2.32. The van der Waals surface area contributed by atoms with Crippen LogP contribution in [0.2, 0.25) is 0 Å². The van der Waals surface area contributed by atoms with Crippen molar-refractivity contribution in [1.82, 2.24) is 14.8 Å². The Kier molecular flexibility index (Phi) is 6.14. The molecular weight excluding hydrogens is 346 g/mol. The number of carbonyl (C=O) groups is 2. The van der Waals surface area contributed by atoms with Crippen LogP contribution in [-0.4, -0.2) is 27.8 Å². The first kappa shape index (κ1) is 18.7. The quantitative estimate of drug-likeness (QED) is 0.867. The Bertz CT molecular complexity index is 738. The summed E-state index contributed by atoms with van der Waals surface area (Å²) in [6.07, 6.45) is 6.67. The van der Waals surface area contributed by atoms with Crippen molar-refractivity contribution in [2.24, 2.45) is 7.05 Å². The number of thiophene rings is 1. The van der Waals surface area contributed by atoms with Gasteiger partial charge in [0.25, 0.3) is 0 Å². The molecule has 0 unspecified atom stereocenters. The molecule has 0 bridgehead atoms. The zero-order valence-corrected chi connectivity index (χ0v) is 16.3. The van der Waals surface area contributed by atoms with Crippen LogP contribution in [0.25, 0.3) is 0 Å². The van der Waals surface area contributed by atoms with Crippen LogP contribution in [0.15, 0.2) is 35.8 Å². The Morgan fingerprint density at radius 1 is 1.27 bits per heavy atom. The Morgan fingerprint density at radius 3 is 2.77 bits per heavy atom. The number of hydrogen-bond donors (Lipinski definition) is 1. The van der Waals surface area contributed by atoms with E-state index in [4.69, 9.17) is 0 Å². The second kappa shape index (κ2) is 8.54. The fraction of sp³-hybridized carbons (Fsp3) is 0.500. The Balaban J connectivity index is 1.80. The first-order valence-corrected chi connectivity index (χ1v) is 10.2. The number of nitrogens with one attached hydrogen (secondary N) is 1. The van der Waals surface area contributed by atoms with Crippen LogP contribution in [0, 0.1) is 0 Å². The van der Waals surface area contributed by atoms with Crippen molar-refractivity contribution in [3.63, 3.8) is 0 Å². The van der Waals surface area contributed by atoms with Gasteiger partial charge in [-0.2, -0.15) is 0 Å². The number of aromatic nitrogens is 1. The molecule has 0 radical (unpaired) electrons. The number of aryl methyl sites for hydroxylation is 1. The van der Waals surface area contributed by atoms with Crippen LogP contribution in [0.3, 0.4) is 0 Å².